The van der Waals surface area contributed by atoms with E-state index in [-0.39, 0.29) is 0 Å². The Labute approximate surface area is 75.2 Å². The predicted octanol–water partition coefficient (Wildman–Crippen LogP) is 1.11. The van der Waals surface area contributed by atoms with E-state index in [1.165, 1.54) is 0 Å². The summed E-state index contributed by atoms with van der Waals surface area (Å²) in [5, 5.41) is 8.51. The Balaban J connectivity index is 2.49. The van der Waals surface area contributed by atoms with E-state index in [2.05, 4.69) is 15.4 Å². The van der Waals surface area contributed by atoms with Gasteiger partial charge < -0.3 is 5.21 Å². The first-order valence-corrected chi connectivity index (χ1v) is 3.97. The van der Waals surface area contributed by atoms with Gasteiger partial charge >= 0.3 is 0 Å². The molecule has 13 heavy (non-hydrogen) atoms. The lowest BCUT2D eigenvalue weighted by Crippen LogP contribution is -2.05. The molecule has 0 aliphatic carbocycles. The maximum atomic E-state index is 8.51. The van der Waals surface area contributed by atoms with Gasteiger partial charge in [-0.2, -0.15) is 0 Å². The molecule has 0 aliphatic heterocycles. The summed E-state index contributed by atoms with van der Waals surface area (Å²) in [5.41, 5.74) is 4.79. The Kier molecular flexibility index (Phi) is 2.16. The predicted molar refractivity (Wildman–Crippen MR) is 48.2 cm³/mol. The van der Waals surface area contributed by atoms with Gasteiger partial charge in [0.2, 0.25) is 0 Å². The third-order valence-electron chi connectivity index (χ3n) is 1.82. The summed E-state index contributed by atoms with van der Waals surface area (Å²) in [4.78, 5) is 8.29. The van der Waals surface area contributed by atoms with Gasteiger partial charge in [-0.05, 0) is 17.7 Å². The largest absolute Gasteiger partial charge is 0.316 e. The normalized spacial score (nSPS) is 10.5. The Morgan fingerprint density at radius 2 is 1.92 bits per heavy atom. The standard InChI is InChI=1S/C9H9N3O/c13-12-6-7-1-2-8-9(5-7)11-4-3-10-8/h1-5,12-13H,6H2. The lowest BCUT2D eigenvalue weighted by Gasteiger charge is -2.00. The van der Waals surface area contributed by atoms with Gasteiger partial charge in [0.05, 0.1) is 11.0 Å². The van der Waals surface area contributed by atoms with Gasteiger partial charge in [0.15, 0.2) is 0 Å². The second kappa shape index (κ2) is 3.47. The van der Waals surface area contributed by atoms with E-state index in [9.17, 15) is 0 Å². The number of aromatic nitrogens is 2. The van der Waals surface area contributed by atoms with Gasteiger partial charge in [0.25, 0.3) is 0 Å². The summed E-state index contributed by atoms with van der Waals surface area (Å²) in [6, 6.07) is 5.68. The SMILES string of the molecule is ONCc1ccc2nccnc2c1. The van der Waals surface area contributed by atoms with Crippen molar-refractivity contribution in [2.24, 2.45) is 0 Å². The van der Waals surface area contributed by atoms with Crippen LogP contribution >= 0.6 is 0 Å². The molecule has 2 N–H and O–H groups in total. The molecule has 0 bridgehead atoms. The van der Waals surface area contributed by atoms with E-state index >= 15 is 0 Å². The van der Waals surface area contributed by atoms with Gasteiger partial charge in [-0.25, -0.2) is 5.48 Å². The molecule has 0 amide bonds. The first-order valence-electron chi connectivity index (χ1n) is 3.97. The summed E-state index contributed by atoms with van der Waals surface area (Å²) >= 11 is 0. The van der Waals surface area contributed by atoms with E-state index in [0.717, 1.165) is 16.6 Å². The third kappa shape index (κ3) is 1.63. The Bertz CT molecular complexity index is 416. The molecule has 1 heterocycles. The van der Waals surface area contributed by atoms with Crippen LogP contribution in [0.1, 0.15) is 5.56 Å². The molecule has 4 heteroatoms. The first kappa shape index (κ1) is 8.10. The zero-order valence-corrected chi connectivity index (χ0v) is 6.94. The van der Waals surface area contributed by atoms with Crippen LogP contribution in [0.5, 0.6) is 0 Å². The van der Waals surface area contributed by atoms with Crippen LogP contribution in [0.4, 0.5) is 0 Å². The number of nitrogens with zero attached hydrogens (tertiary/aromatic N) is 2. The summed E-state index contributed by atoms with van der Waals surface area (Å²) in [6.45, 7) is 0.423. The van der Waals surface area contributed by atoms with Crippen molar-refractivity contribution in [2.45, 2.75) is 6.54 Å². The molecule has 0 radical (unpaired) electrons. The molecular formula is C9H9N3O. The van der Waals surface area contributed by atoms with Crippen molar-refractivity contribution in [2.75, 3.05) is 0 Å². The smallest absolute Gasteiger partial charge is 0.0890 e. The lowest BCUT2D eigenvalue weighted by atomic mass is 10.2. The van der Waals surface area contributed by atoms with Crippen LogP contribution in [0.3, 0.4) is 0 Å². The highest BCUT2D eigenvalue weighted by Gasteiger charge is 1.96. The van der Waals surface area contributed by atoms with Gasteiger partial charge in [-0.15, -0.1) is 0 Å². The van der Waals surface area contributed by atoms with Crippen molar-refractivity contribution in [3.05, 3.63) is 36.2 Å². The van der Waals surface area contributed by atoms with E-state index < -0.39 is 0 Å². The number of hydrogen-bond donors (Lipinski definition) is 2. The molecule has 66 valence electrons. The van der Waals surface area contributed by atoms with Gasteiger partial charge in [-0.3, -0.25) is 9.97 Å². The minimum atomic E-state index is 0.423. The van der Waals surface area contributed by atoms with Crippen LogP contribution in [0.2, 0.25) is 0 Å². The molecule has 0 aliphatic rings. The van der Waals surface area contributed by atoms with Gasteiger partial charge in [-0.1, -0.05) is 6.07 Å². The average molecular weight is 175 g/mol. The highest BCUT2D eigenvalue weighted by atomic mass is 16.5. The fourth-order valence-electron chi connectivity index (χ4n) is 1.21. The minimum Gasteiger partial charge on any atom is -0.316 e. The number of hydroxylamine groups is 1. The molecule has 0 saturated heterocycles. The molecule has 1 aromatic carbocycles. The van der Waals surface area contributed by atoms with Gasteiger partial charge in [0.1, 0.15) is 0 Å². The molecule has 0 spiro atoms. The molecule has 0 atom stereocenters. The highest BCUT2D eigenvalue weighted by molar-refractivity contribution is 5.74. The van der Waals surface area contributed by atoms with Crippen LogP contribution in [-0.4, -0.2) is 15.2 Å². The highest BCUT2D eigenvalue weighted by Crippen LogP contribution is 2.10. The number of rotatable bonds is 2. The number of nitrogens with one attached hydrogen (secondary N) is 1. The van der Waals surface area contributed by atoms with Gasteiger partial charge in [0, 0.05) is 18.9 Å². The second-order valence-corrected chi connectivity index (χ2v) is 2.71. The Morgan fingerprint density at radius 3 is 2.69 bits per heavy atom. The maximum absolute atomic E-state index is 8.51. The first-order chi connectivity index (χ1) is 6.40. The van der Waals surface area contributed by atoms with Crippen molar-refractivity contribution >= 4 is 11.0 Å². The van der Waals surface area contributed by atoms with Crippen LogP contribution in [0.25, 0.3) is 11.0 Å². The molecule has 1 aromatic heterocycles. The third-order valence-corrected chi connectivity index (χ3v) is 1.82. The fraction of sp³-hybridized carbons (Fsp3) is 0.111. The van der Waals surface area contributed by atoms with Crippen LogP contribution < -0.4 is 5.48 Å². The zero-order chi connectivity index (χ0) is 9.10. The molecule has 2 rings (SSSR count). The molecule has 0 unspecified atom stereocenters. The monoisotopic (exact) mass is 175 g/mol. The Hall–Kier alpha value is -1.52. The Morgan fingerprint density at radius 1 is 1.15 bits per heavy atom. The van der Waals surface area contributed by atoms with Crippen molar-refractivity contribution in [1.82, 2.24) is 15.4 Å². The second-order valence-electron chi connectivity index (χ2n) is 2.71. The number of hydrogen-bond acceptors (Lipinski definition) is 4. The summed E-state index contributed by atoms with van der Waals surface area (Å²) < 4.78 is 0. The fourth-order valence-corrected chi connectivity index (χ4v) is 1.21. The van der Waals surface area contributed by atoms with Crippen molar-refractivity contribution in [3.8, 4) is 0 Å². The summed E-state index contributed by atoms with van der Waals surface area (Å²) in [6.07, 6.45) is 3.31. The van der Waals surface area contributed by atoms with Crippen molar-refractivity contribution in [3.63, 3.8) is 0 Å². The molecule has 0 saturated carbocycles. The quantitative estimate of drug-likeness (QED) is 0.671. The summed E-state index contributed by atoms with van der Waals surface area (Å²) in [5.74, 6) is 0. The minimum absolute atomic E-state index is 0.423. The molecule has 4 nitrogen and oxygen atoms in total. The molecule has 0 fully saturated rings. The maximum Gasteiger partial charge on any atom is 0.0890 e. The van der Waals surface area contributed by atoms with Crippen LogP contribution in [0, 0.1) is 0 Å². The number of benzene rings is 1. The van der Waals surface area contributed by atoms with E-state index in [1.807, 2.05) is 18.2 Å². The van der Waals surface area contributed by atoms with Crippen molar-refractivity contribution < 1.29 is 5.21 Å². The van der Waals surface area contributed by atoms with Crippen LogP contribution in [-0.2, 0) is 6.54 Å². The van der Waals surface area contributed by atoms with E-state index in [1.54, 1.807) is 12.4 Å². The van der Waals surface area contributed by atoms with E-state index in [4.69, 9.17) is 5.21 Å². The number of fused-ring (bicyclic) bond motifs is 1. The topological polar surface area (TPSA) is 58.0 Å². The zero-order valence-electron chi connectivity index (χ0n) is 6.94. The van der Waals surface area contributed by atoms with Crippen molar-refractivity contribution in [1.29, 1.82) is 0 Å². The lowest BCUT2D eigenvalue weighted by molar-refractivity contribution is 0.161. The molecular weight excluding hydrogens is 166 g/mol. The summed E-state index contributed by atoms with van der Waals surface area (Å²) in [7, 11) is 0. The molecule has 2 aromatic rings. The average Bonchev–Trinajstić information content (AvgIpc) is 2.18. The van der Waals surface area contributed by atoms with Crippen LogP contribution in [0.15, 0.2) is 30.6 Å². The van der Waals surface area contributed by atoms with E-state index in [0.29, 0.717) is 6.54 Å².